The first-order valence-corrected chi connectivity index (χ1v) is 6.64. The van der Waals surface area contributed by atoms with Crippen LogP contribution in [0.4, 0.5) is 9.18 Å². The minimum atomic E-state index is -0.594. The minimum absolute atomic E-state index is 0.109. The zero-order valence-corrected chi connectivity index (χ0v) is 10.7. The first kappa shape index (κ1) is 12.7. The second-order valence-corrected chi connectivity index (χ2v) is 5.57. The molecule has 2 fully saturated rings. The Labute approximate surface area is 102 Å². The number of fused-ring (bicyclic) bond motifs is 2. The van der Waals surface area contributed by atoms with Crippen LogP contribution in [0.2, 0.25) is 0 Å². The summed E-state index contributed by atoms with van der Waals surface area (Å²) in [4.78, 5) is 13.7. The van der Waals surface area contributed by atoms with E-state index in [9.17, 15) is 9.18 Å². The van der Waals surface area contributed by atoms with E-state index in [2.05, 4.69) is 13.8 Å². The molecular weight excluding hydrogens is 221 g/mol. The second-order valence-electron chi connectivity index (χ2n) is 5.57. The molecule has 0 N–H and O–H groups in total. The summed E-state index contributed by atoms with van der Waals surface area (Å²) >= 11 is 0. The summed E-state index contributed by atoms with van der Waals surface area (Å²) in [6.45, 7) is 3.80. The average Bonchev–Trinajstić information content (AvgIpc) is 2.56. The van der Waals surface area contributed by atoms with Gasteiger partial charge >= 0.3 is 6.09 Å². The number of carbonyl (C=O) groups excluding carboxylic acids is 1. The van der Waals surface area contributed by atoms with E-state index in [0.717, 1.165) is 31.6 Å². The third-order valence-electron chi connectivity index (χ3n) is 4.23. The van der Waals surface area contributed by atoms with Crippen molar-refractivity contribution in [3.05, 3.63) is 0 Å². The largest absolute Gasteiger partial charge is 0.447 e. The van der Waals surface area contributed by atoms with Crippen LogP contribution in [0.3, 0.4) is 0 Å². The first-order valence-electron chi connectivity index (χ1n) is 6.64. The lowest BCUT2D eigenvalue weighted by Crippen LogP contribution is -2.47. The fourth-order valence-corrected chi connectivity index (χ4v) is 3.26. The van der Waals surface area contributed by atoms with Gasteiger partial charge in [0.15, 0.2) is 0 Å². The molecule has 1 amide bonds. The van der Waals surface area contributed by atoms with Crippen LogP contribution in [0.15, 0.2) is 0 Å². The van der Waals surface area contributed by atoms with Crippen molar-refractivity contribution < 1.29 is 13.9 Å². The number of rotatable bonds is 3. The van der Waals surface area contributed by atoms with E-state index in [0.29, 0.717) is 18.0 Å². The summed E-state index contributed by atoms with van der Waals surface area (Å²) < 4.78 is 16.9. The minimum Gasteiger partial charge on any atom is -0.447 e. The number of hydrogen-bond acceptors (Lipinski definition) is 2. The van der Waals surface area contributed by atoms with Crippen molar-refractivity contribution in [1.29, 1.82) is 0 Å². The molecule has 2 rings (SSSR count). The van der Waals surface area contributed by atoms with Gasteiger partial charge in [-0.3, -0.25) is 0 Å². The van der Waals surface area contributed by atoms with Crippen LogP contribution in [0.25, 0.3) is 0 Å². The molecule has 0 saturated carbocycles. The number of hydrogen-bond donors (Lipinski definition) is 0. The summed E-state index contributed by atoms with van der Waals surface area (Å²) in [6, 6.07) is 0.654. The van der Waals surface area contributed by atoms with E-state index in [4.69, 9.17) is 4.74 Å². The molecule has 2 atom stereocenters. The van der Waals surface area contributed by atoms with Crippen LogP contribution < -0.4 is 0 Å². The molecule has 3 nitrogen and oxygen atoms in total. The number of piperidine rings is 1. The Bertz CT molecular complexity index is 269. The van der Waals surface area contributed by atoms with Gasteiger partial charge in [0.05, 0.1) is 0 Å². The van der Waals surface area contributed by atoms with Gasteiger partial charge < -0.3 is 9.64 Å². The van der Waals surface area contributed by atoms with Crippen LogP contribution >= 0.6 is 0 Å². The van der Waals surface area contributed by atoms with Gasteiger partial charge in [-0.1, -0.05) is 13.8 Å². The molecule has 17 heavy (non-hydrogen) atoms. The zero-order chi connectivity index (χ0) is 12.4. The maximum Gasteiger partial charge on any atom is 0.410 e. The van der Waals surface area contributed by atoms with Crippen molar-refractivity contribution in [1.82, 2.24) is 4.90 Å². The number of nitrogens with zero attached hydrogens (tertiary/aromatic N) is 1. The average molecular weight is 243 g/mol. The highest BCUT2D eigenvalue weighted by Crippen LogP contribution is 2.41. The Morgan fingerprint density at radius 2 is 1.94 bits per heavy atom. The van der Waals surface area contributed by atoms with Crippen LogP contribution in [-0.4, -0.2) is 36.4 Å². The molecular formula is C13H22FNO2. The molecule has 0 aromatic carbocycles. The van der Waals surface area contributed by atoms with Crippen molar-refractivity contribution in [2.24, 2.45) is 11.8 Å². The van der Waals surface area contributed by atoms with E-state index in [1.807, 2.05) is 4.90 Å². The van der Waals surface area contributed by atoms with Crippen LogP contribution in [0.5, 0.6) is 0 Å². The normalized spacial score (nSPS) is 32.0. The molecule has 0 aromatic heterocycles. The van der Waals surface area contributed by atoms with Gasteiger partial charge in [0, 0.05) is 12.1 Å². The Morgan fingerprint density at radius 1 is 1.35 bits per heavy atom. The fraction of sp³-hybridized carbons (Fsp3) is 0.923. The molecule has 2 aliphatic rings. The van der Waals surface area contributed by atoms with Crippen molar-refractivity contribution >= 4 is 6.09 Å². The van der Waals surface area contributed by atoms with E-state index in [1.165, 1.54) is 0 Å². The second kappa shape index (κ2) is 5.23. The van der Waals surface area contributed by atoms with Crippen molar-refractivity contribution in [2.75, 3.05) is 13.3 Å². The standard InChI is InChI=1S/C13H22FNO2/c1-9(2)10-7-11-3-4-12(8-10)15(11)13(16)17-6-5-14/h9-12H,3-8H2,1-2H3. The monoisotopic (exact) mass is 243 g/mol. The molecule has 0 spiro atoms. The molecule has 98 valence electrons. The van der Waals surface area contributed by atoms with E-state index in [1.54, 1.807) is 0 Å². The van der Waals surface area contributed by atoms with Crippen LogP contribution in [0, 0.1) is 11.8 Å². The summed E-state index contributed by atoms with van der Waals surface area (Å²) in [5, 5.41) is 0. The molecule has 0 aromatic rings. The highest BCUT2D eigenvalue weighted by molar-refractivity contribution is 5.69. The Hall–Kier alpha value is -0.800. The molecule has 2 saturated heterocycles. The predicted molar refractivity (Wildman–Crippen MR) is 63.5 cm³/mol. The Balaban J connectivity index is 1.96. The van der Waals surface area contributed by atoms with Crippen LogP contribution in [-0.2, 0) is 4.74 Å². The van der Waals surface area contributed by atoms with Gasteiger partial charge in [0.25, 0.3) is 0 Å². The topological polar surface area (TPSA) is 29.5 Å². The van der Waals surface area contributed by atoms with Gasteiger partial charge in [0.1, 0.15) is 13.3 Å². The number of ether oxygens (including phenoxy) is 1. The summed E-state index contributed by atoms with van der Waals surface area (Å²) in [5.74, 6) is 1.40. The Kier molecular flexibility index (Phi) is 3.89. The van der Waals surface area contributed by atoms with Gasteiger partial charge in [-0.25, -0.2) is 9.18 Å². The maximum absolute atomic E-state index is 12.0. The lowest BCUT2D eigenvalue weighted by molar-refractivity contribution is 0.0473. The molecule has 2 unspecified atom stereocenters. The first-order chi connectivity index (χ1) is 8.13. The lowest BCUT2D eigenvalue weighted by Gasteiger charge is -2.39. The Morgan fingerprint density at radius 3 is 2.41 bits per heavy atom. The summed E-state index contributed by atoms with van der Waals surface area (Å²) in [7, 11) is 0. The number of carbonyl (C=O) groups is 1. The fourth-order valence-electron chi connectivity index (χ4n) is 3.26. The van der Waals surface area contributed by atoms with Gasteiger partial charge in [-0.05, 0) is 37.5 Å². The molecule has 2 aliphatic heterocycles. The summed E-state index contributed by atoms with van der Waals surface area (Å²) in [5.41, 5.74) is 0. The van der Waals surface area contributed by atoms with E-state index in [-0.39, 0.29) is 12.7 Å². The van der Waals surface area contributed by atoms with Crippen molar-refractivity contribution in [2.45, 2.75) is 51.6 Å². The molecule has 0 aliphatic carbocycles. The van der Waals surface area contributed by atoms with Crippen molar-refractivity contribution in [3.8, 4) is 0 Å². The number of amides is 1. The molecule has 4 heteroatoms. The molecule has 0 radical (unpaired) electrons. The number of alkyl halides is 1. The highest BCUT2D eigenvalue weighted by Gasteiger charge is 2.44. The lowest BCUT2D eigenvalue weighted by atomic mass is 9.83. The van der Waals surface area contributed by atoms with Gasteiger partial charge in [-0.2, -0.15) is 0 Å². The maximum atomic E-state index is 12.0. The van der Waals surface area contributed by atoms with E-state index < -0.39 is 6.67 Å². The summed E-state index contributed by atoms with van der Waals surface area (Å²) in [6.07, 6.45) is 4.02. The van der Waals surface area contributed by atoms with Gasteiger partial charge in [0.2, 0.25) is 0 Å². The molecule has 2 heterocycles. The quantitative estimate of drug-likeness (QED) is 0.762. The highest BCUT2D eigenvalue weighted by atomic mass is 19.1. The van der Waals surface area contributed by atoms with Crippen LogP contribution in [0.1, 0.15) is 39.5 Å². The molecule has 2 bridgehead atoms. The number of halogens is 1. The van der Waals surface area contributed by atoms with E-state index >= 15 is 0 Å². The van der Waals surface area contributed by atoms with Crippen molar-refractivity contribution in [3.63, 3.8) is 0 Å². The third-order valence-corrected chi connectivity index (χ3v) is 4.23. The predicted octanol–water partition coefficient (Wildman–Crippen LogP) is 2.99. The smallest absolute Gasteiger partial charge is 0.410 e. The third kappa shape index (κ3) is 2.55. The SMILES string of the molecule is CC(C)C1CC2CCC(C1)N2C(=O)OCCF. The van der Waals surface area contributed by atoms with Gasteiger partial charge in [-0.15, -0.1) is 0 Å². The zero-order valence-electron chi connectivity index (χ0n) is 10.7.